The van der Waals surface area contributed by atoms with Crippen LogP contribution in [0, 0.1) is 0 Å². The maximum absolute atomic E-state index is 14.5. The SMILES string of the molecule is COc1ccc(/C=N/Nc2nc3c(c(=O)n2CCc2ccccc2)C2(CCCCC2)Cc2ccccc2-3)cc1. The second kappa shape index (κ2) is 10.9. The number of hydrazone groups is 1. The molecule has 1 aromatic heterocycles. The molecule has 2 aliphatic rings. The van der Waals surface area contributed by atoms with Gasteiger partial charge in [0.2, 0.25) is 5.95 Å². The Labute approximate surface area is 229 Å². The Bertz CT molecular complexity index is 1530. The van der Waals surface area contributed by atoms with Gasteiger partial charge in [-0.3, -0.25) is 9.36 Å². The van der Waals surface area contributed by atoms with Crippen LogP contribution in [0.1, 0.15) is 54.4 Å². The summed E-state index contributed by atoms with van der Waals surface area (Å²) in [5.41, 5.74) is 9.23. The van der Waals surface area contributed by atoms with E-state index in [1.54, 1.807) is 13.3 Å². The molecule has 4 aromatic rings. The Balaban J connectivity index is 1.44. The Kier molecular flexibility index (Phi) is 7.01. The lowest BCUT2D eigenvalue weighted by atomic mass is 9.62. The number of anilines is 1. The van der Waals surface area contributed by atoms with Crippen LogP contribution in [0.5, 0.6) is 5.75 Å². The summed E-state index contributed by atoms with van der Waals surface area (Å²) in [6.07, 6.45) is 8.99. The van der Waals surface area contributed by atoms with Crippen LogP contribution in [-0.4, -0.2) is 22.9 Å². The number of hydrogen-bond donors (Lipinski definition) is 1. The summed E-state index contributed by atoms with van der Waals surface area (Å²) < 4.78 is 7.06. The lowest BCUT2D eigenvalue weighted by Gasteiger charge is -2.42. The molecule has 1 spiro atoms. The normalized spacial score (nSPS) is 15.6. The molecule has 1 N–H and O–H groups in total. The Morgan fingerprint density at radius 1 is 0.974 bits per heavy atom. The molecule has 3 aromatic carbocycles. The zero-order valence-corrected chi connectivity index (χ0v) is 22.4. The number of rotatable bonds is 7. The molecule has 0 aliphatic heterocycles. The summed E-state index contributed by atoms with van der Waals surface area (Å²) in [6.45, 7) is 0.529. The minimum absolute atomic E-state index is 0.0643. The highest BCUT2D eigenvalue weighted by Crippen LogP contribution is 2.48. The van der Waals surface area contributed by atoms with Crippen LogP contribution in [0.15, 0.2) is 88.8 Å². The molecule has 198 valence electrons. The molecule has 6 rings (SSSR count). The van der Waals surface area contributed by atoms with Gasteiger partial charge in [0, 0.05) is 17.5 Å². The van der Waals surface area contributed by atoms with Crippen LogP contribution < -0.4 is 15.7 Å². The lowest BCUT2D eigenvalue weighted by molar-refractivity contribution is 0.283. The highest BCUT2D eigenvalue weighted by Gasteiger charge is 2.43. The first-order chi connectivity index (χ1) is 19.2. The number of fused-ring (bicyclic) bond motifs is 4. The fourth-order valence-electron chi connectivity index (χ4n) is 6.27. The molecule has 1 heterocycles. The van der Waals surface area contributed by atoms with Crippen LogP contribution in [0.2, 0.25) is 0 Å². The van der Waals surface area contributed by atoms with Crippen molar-refractivity contribution in [2.45, 2.75) is 56.9 Å². The first-order valence-corrected chi connectivity index (χ1v) is 13.9. The molecular formula is C33H34N4O2. The predicted molar refractivity (Wildman–Crippen MR) is 157 cm³/mol. The van der Waals surface area contributed by atoms with Gasteiger partial charge in [0.15, 0.2) is 0 Å². The van der Waals surface area contributed by atoms with E-state index < -0.39 is 0 Å². The van der Waals surface area contributed by atoms with Gasteiger partial charge in [-0.1, -0.05) is 73.9 Å². The van der Waals surface area contributed by atoms with Gasteiger partial charge < -0.3 is 4.74 Å². The highest BCUT2D eigenvalue weighted by molar-refractivity contribution is 5.80. The van der Waals surface area contributed by atoms with Gasteiger partial charge in [-0.05, 0) is 66.6 Å². The van der Waals surface area contributed by atoms with Crippen LogP contribution in [-0.2, 0) is 24.8 Å². The first-order valence-electron chi connectivity index (χ1n) is 13.9. The van der Waals surface area contributed by atoms with Gasteiger partial charge in [0.1, 0.15) is 5.75 Å². The van der Waals surface area contributed by atoms with Crippen molar-refractivity contribution in [1.82, 2.24) is 9.55 Å². The molecule has 0 amide bonds. The van der Waals surface area contributed by atoms with E-state index in [0.717, 1.165) is 66.7 Å². The zero-order valence-electron chi connectivity index (χ0n) is 22.4. The van der Waals surface area contributed by atoms with Crippen molar-refractivity contribution < 1.29 is 4.74 Å². The number of aryl methyl sites for hydroxylation is 1. The third-order valence-corrected chi connectivity index (χ3v) is 8.27. The molecule has 2 aliphatic carbocycles. The van der Waals surface area contributed by atoms with Gasteiger partial charge in [0.25, 0.3) is 5.56 Å². The Morgan fingerprint density at radius 2 is 1.72 bits per heavy atom. The minimum atomic E-state index is -0.147. The predicted octanol–water partition coefficient (Wildman–Crippen LogP) is 6.37. The number of ether oxygens (including phenoxy) is 1. The first kappa shape index (κ1) is 25.1. The van der Waals surface area contributed by atoms with Crippen LogP contribution >= 0.6 is 0 Å². The van der Waals surface area contributed by atoms with Crippen LogP contribution in [0.25, 0.3) is 11.3 Å². The van der Waals surface area contributed by atoms with Gasteiger partial charge in [-0.25, -0.2) is 10.4 Å². The van der Waals surface area contributed by atoms with Gasteiger partial charge >= 0.3 is 0 Å². The largest absolute Gasteiger partial charge is 0.497 e. The van der Waals surface area contributed by atoms with Gasteiger partial charge in [-0.15, -0.1) is 0 Å². The second-order valence-corrected chi connectivity index (χ2v) is 10.7. The molecule has 0 atom stereocenters. The van der Waals surface area contributed by atoms with Crippen molar-refractivity contribution >= 4 is 12.2 Å². The summed E-state index contributed by atoms with van der Waals surface area (Å²) in [7, 11) is 1.65. The topological polar surface area (TPSA) is 68.5 Å². The van der Waals surface area contributed by atoms with E-state index in [1.807, 2.05) is 53.1 Å². The van der Waals surface area contributed by atoms with E-state index in [1.165, 1.54) is 17.5 Å². The molecule has 0 unspecified atom stereocenters. The number of benzene rings is 3. The summed E-state index contributed by atoms with van der Waals surface area (Å²) in [5.74, 6) is 1.27. The number of hydrogen-bond acceptors (Lipinski definition) is 5. The average Bonchev–Trinajstić information content (AvgIpc) is 2.98. The molecule has 0 radical (unpaired) electrons. The molecule has 6 heteroatoms. The maximum atomic E-state index is 14.5. The number of methoxy groups -OCH3 is 1. The van der Waals surface area contributed by atoms with Crippen LogP contribution in [0.4, 0.5) is 5.95 Å². The van der Waals surface area contributed by atoms with Crippen molar-refractivity contribution in [2.75, 3.05) is 12.5 Å². The molecule has 39 heavy (non-hydrogen) atoms. The van der Waals surface area contributed by atoms with E-state index in [-0.39, 0.29) is 11.0 Å². The second-order valence-electron chi connectivity index (χ2n) is 10.7. The van der Waals surface area contributed by atoms with Gasteiger partial charge in [-0.2, -0.15) is 5.10 Å². The summed E-state index contributed by atoms with van der Waals surface area (Å²) >= 11 is 0. The standard InChI is InChI=1S/C33H34N4O2/c1-39-27-16-14-25(15-17-27)23-34-36-32-35-30-28-13-7-6-12-26(28)22-33(19-8-3-9-20-33)29(30)31(38)37(32)21-18-24-10-4-2-5-11-24/h2,4-7,10-17,23H,3,8-9,18-22H2,1H3,(H,35,36)/b34-23+. The minimum Gasteiger partial charge on any atom is -0.497 e. The highest BCUT2D eigenvalue weighted by atomic mass is 16.5. The molecule has 1 fully saturated rings. The number of nitrogens with zero attached hydrogens (tertiary/aromatic N) is 3. The van der Waals surface area contributed by atoms with E-state index in [4.69, 9.17) is 9.72 Å². The molecular weight excluding hydrogens is 484 g/mol. The van der Waals surface area contributed by atoms with Crippen molar-refractivity contribution in [2.24, 2.45) is 5.10 Å². The molecule has 6 nitrogen and oxygen atoms in total. The fraction of sp³-hybridized carbons (Fsp3) is 0.303. The fourth-order valence-corrected chi connectivity index (χ4v) is 6.27. The van der Waals surface area contributed by atoms with E-state index >= 15 is 0 Å². The number of nitrogens with one attached hydrogen (secondary N) is 1. The molecule has 0 bridgehead atoms. The zero-order chi connectivity index (χ0) is 26.7. The van der Waals surface area contributed by atoms with E-state index in [2.05, 4.69) is 40.9 Å². The smallest absolute Gasteiger partial charge is 0.259 e. The van der Waals surface area contributed by atoms with Crippen LogP contribution in [0.3, 0.4) is 0 Å². The molecule has 1 saturated carbocycles. The third-order valence-electron chi connectivity index (χ3n) is 8.27. The van der Waals surface area contributed by atoms with Crippen molar-refractivity contribution in [1.29, 1.82) is 0 Å². The number of aromatic nitrogens is 2. The van der Waals surface area contributed by atoms with Gasteiger partial charge in [0.05, 0.1) is 24.6 Å². The summed E-state index contributed by atoms with van der Waals surface area (Å²) in [5, 5.41) is 4.49. The van der Waals surface area contributed by atoms with Crippen molar-refractivity contribution in [3.63, 3.8) is 0 Å². The van der Waals surface area contributed by atoms with Crippen molar-refractivity contribution in [3.05, 3.63) is 111 Å². The van der Waals surface area contributed by atoms with E-state index in [9.17, 15) is 4.79 Å². The average molecular weight is 519 g/mol. The summed E-state index contributed by atoms with van der Waals surface area (Å²) in [4.78, 5) is 19.6. The maximum Gasteiger partial charge on any atom is 0.259 e. The third kappa shape index (κ3) is 4.99. The lowest BCUT2D eigenvalue weighted by Crippen LogP contribution is -2.43. The summed E-state index contributed by atoms with van der Waals surface area (Å²) in [6, 6.07) is 26.4. The van der Waals surface area contributed by atoms with E-state index in [0.29, 0.717) is 12.5 Å². The molecule has 0 saturated heterocycles. The monoisotopic (exact) mass is 518 g/mol. The van der Waals surface area contributed by atoms with Crippen molar-refractivity contribution in [3.8, 4) is 17.0 Å². The Morgan fingerprint density at radius 3 is 2.49 bits per heavy atom. The quantitative estimate of drug-likeness (QED) is 0.228. The Hall–Kier alpha value is -4.19.